The number of ether oxygens (including phenoxy) is 2. The predicted octanol–water partition coefficient (Wildman–Crippen LogP) is 8.48. The Hall–Kier alpha value is -3.85. The molecule has 4 aromatic carbocycles. The van der Waals surface area contributed by atoms with Gasteiger partial charge < -0.3 is 14.9 Å². The normalized spacial score (nSPS) is 14.6. The Labute approximate surface area is 220 Å². The second-order valence-corrected chi connectivity index (χ2v) is 10.1. The van der Waals surface area contributed by atoms with E-state index in [2.05, 4.69) is 78.9 Å². The van der Waals surface area contributed by atoms with Gasteiger partial charge in [-0.1, -0.05) is 79.9 Å². The minimum Gasteiger partial charge on any atom is -0.489 e. The van der Waals surface area contributed by atoms with E-state index >= 15 is 0 Å². The summed E-state index contributed by atoms with van der Waals surface area (Å²) in [7, 11) is 0. The fourth-order valence-electron chi connectivity index (χ4n) is 5.47. The first-order valence-electron chi connectivity index (χ1n) is 13.3. The van der Waals surface area contributed by atoms with E-state index in [9.17, 15) is 0 Å². The van der Waals surface area contributed by atoms with Crippen LogP contribution >= 0.6 is 0 Å². The van der Waals surface area contributed by atoms with Gasteiger partial charge in [0.05, 0.1) is 0 Å². The third-order valence-corrected chi connectivity index (χ3v) is 7.53. The molecule has 0 spiro atoms. The van der Waals surface area contributed by atoms with Crippen LogP contribution in [0.2, 0.25) is 0 Å². The van der Waals surface area contributed by atoms with Crippen molar-refractivity contribution >= 4 is 5.71 Å². The van der Waals surface area contributed by atoms with Gasteiger partial charge in [-0.25, -0.2) is 0 Å². The smallest absolute Gasteiger partial charge is 0.119 e. The number of rotatable bonds is 9. The van der Waals surface area contributed by atoms with E-state index in [1.165, 1.54) is 43.2 Å². The van der Waals surface area contributed by atoms with Gasteiger partial charge in [-0.15, -0.1) is 0 Å². The third kappa shape index (κ3) is 5.94. The second kappa shape index (κ2) is 11.5. The number of nitrogens with one attached hydrogen (secondary N) is 1. The molecule has 1 saturated carbocycles. The molecule has 0 bridgehead atoms. The van der Waals surface area contributed by atoms with Crippen LogP contribution in [0, 0.1) is 5.41 Å². The molecule has 0 aliphatic heterocycles. The molecule has 3 nitrogen and oxygen atoms in total. The predicted molar refractivity (Wildman–Crippen MR) is 151 cm³/mol. The van der Waals surface area contributed by atoms with E-state index in [0.717, 1.165) is 28.2 Å². The number of hydrogen-bond acceptors (Lipinski definition) is 3. The zero-order chi connectivity index (χ0) is 25.5. The highest BCUT2D eigenvalue weighted by Crippen LogP contribution is 2.45. The molecule has 0 heterocycles. The van der Waals surface area contributed by atoms with Crippen molar-refractivity contribution in [1.82, 2.24) is 0 Å². The van der Waals surface area contributed by atoms with E-state index in [0.29, 0.717) is 18.9 Å². The molecule has 4 aromatic rings. The molecule has 0 atom stereocenters. The molecule has 0 saturated heterocycles. The first kappa shape index (κ1) is 24.8. The van der Waals surface area contributed by atoms with Gasteiger partial charge in [-0.3, -0.25) is 0 Å². The van der Waals surface area contributed by atoms with Gasteiger partial charge in [0.2, 0.25) is 0 Å². The largest absolute Gasteiger partial charge is 0.489 e. The van der Waals surface area contributed by atoms with E-state index < -0.39 is 0 Å². The summed E-state index contributed by atoms with van der Waals surface area (Å²) in [6, 6.07) is 35.8. The summed E-state index contributed by atoms with van der Waals surface area (Å²) in [5.41, 5.74) is 6.63. The summed E-state index contributed by atoms with van der Waals surface area (Å²) in [4.78, 5) is 0. The maximum atomic E-state index is 7.72. The Morgan fingerprint density at radius 2 is 1.19 bits per heavy atom. The van der Waals surface area contributed by atoms with E-state index in [1.807, 2.05) is 24.3 Å². The van der Waals surface area contributed by atoms with Gasteiger partial charge >= 0.3 is 0 Å². The van der Waals surface area contributed by atoms with Crippen molar-refractivity contribution in [2.24, 2.45) is 0 Å². The average molecular weight is 490 g/mol. The molecule has 0 amide bonds. The van der Waals surface area contributed by atoms with Crippen LogP contribution in [0.1, 0.15) is 66.8 Å². The number of hydrogen-bond donors (Lipinski definition) is 1. The van der Waals surface area contributed by atoms with E-state index in [4.69, 9.17) is 14.9 Å². The van der Waals surface area contributed by atoms with Crippen molar-refractivity contribution in [3.63, 3.8) is 0 Å². The van der Waals surface area contributed by atoms with Crippen LogP contribution in [0.25, 0.3) is 0 Å². The van der Waals surface area contributed by atoms with Gasteiger partial charge in [0.1, 0.15) is 24.7 Å². The molecule has 188 valence electrons. The van der Waals surface area contributed by atoms with Gasteiger partial charge in [0.15, 0.2) is 0 Å². The highest BCUT2D eigenvalue weighted by atomic mass is 16.5. The Morgan fingerprint density at radius 1 is 0.649 bits per heavy atom. The molecular weight excluding hydrogens is 454 g/mol. The van der Waals surface area contributed by atoms with Gasteiger partial charge in [0.25, 0.3) is 0 Å². The zero-order valence-electron chi connectivity index (χ0n) is 21.6. The maximum Gasteiger partial charge on any atom is 0.119 e. The standard InChI is InChI=1S/C34H35NO2/c1-26(35)29-13-17-32(18-14-29)36-24-27-9-8-10-28(23-27)25-37-33-19-15-31(16-20-33)34(21-6-3-7-22-34)30-11-4-2-5-12-30/h2,4-5,8-20,23,35H,3,6-7,21-22,24-25H2,1H3. The molecule has 0 unspecified atom stereocenters. The number of benzene rings is 4. The summed E-state index contributed by atoms with van der Waals surface area (Å²) in [5.74, 6) is 1.70. The molecule has 5 rings (SSSR count). The first-order chi connectivity index (χ1) is 18.1. The van der Waals surface area contributed by atoms with Crippen LogP contribution in [-0.2, 0) is 18.6 Å². The molecule has 0 radical (unpaired) electrons. The van der Waals surface area contributed by atoms with Crippen LogP contribution in [0.3, 0.4) is 0 Å². The Kier molecular flexibility index (Phi) is 7.70. The lowest BCUT2D eigenvalue weighted by Crippen LogP contribution is -2.30. The molecule has 1 N–H and O–H groups in total. The Morgan fingerprint density at radius 3 is 1.76 bits per heavy atom. The molecule has 1 fully saturated rings. The third-order valence-electron chi connectivity index (χ3n) is 7.53. The molecule has 1 aliphatic rings. The molecule has 0 aromatic heterocycles. The minimum absolute atomic E-state index is 0.116. The fraction of sp³-hybridized carbons (Fsp3) is 0.265. The molecule has 37 heavy (non-hydrogen) atoms. The van der Waals surface area contributed by atoms with Crippen molar-refractivity contribution in [2.45, 2.75) is 57.7 Å². The van der Waals surface area contributed by atoms with Crippen molar-refractivity contribution in [3.05, 3.63) is 131 Å². The van der Waals surface area contributed by atoms with Crippen LogP contribution in [0.15, 0.2) is 103 Å². The quantitative estimate of drug-likeness (QED) is 0.240. The average Bonchev–Trinajstić information content (AvgIpc) is 2.96. The summed E-state index contributed by atoms with van der Waals surface area (Å²) >= 11 is 0. The molecular formula is C34H35NO2. The van der Waals surface area contributed by atoms with Crippen molar-refractivity contribution < 1.29 is 9.47 Å². The molecule has 1 aliphatic carbocycles. The maximum absolute atomic E-state index is 7.72. The van der Waals surface area contributed by atoms with Crippen LogP contribution in [0.4, 0.5) is 0 Å². The monoisotopic (exact) mass is 489 g/mol. The lowest BCUT2D eigenvalue weighted by molar-refractivity contribution is 0.299. The topological polar surface area (TPSA) is 42.3 Å². The molecule has 3 heteroatoms. The van der Waals surface area contributed by atoms with Crippen LogP contribution < -0.4 is 9.47 Å². The van der Waals surface area contributed by atoms with Gasteiger partial charge in [-0.05, 0) is 90.0 Å². The first-order valence-corrected chi connectivity index (χ1v) is 13.3. The zero-order valence-corrected chi connectivity index (χ0v) is 21.6. The van der Waals surface area contributed by atoms with Gasteiger partial charge in [0, 0.05) is 11.1 Å². The highest BCUT2D eigenvalue weighted by Gasteiger charge is 2.35. The minimum atomic E-state index is 0.116. The SMILES string of the molecule is CC(=N)c1ccc(OCc2cccc(COc3ccc(C4(c5ccccc5)CCCCC4)cc3)c2)cc1. The summed E-state index contributed by atoms with van der Waals surface area (Å²) < 4.78 is 12.1. The summed E-state index contributed by atoms with van der Waals surface area (Å²) in [6.45, 7) is 2.80. The highest BCUT2D eigenvalue weighted by molar-refractivity contribution is 5.96. The summed E-state index contributed by atoms with van der Waals surface area (Å²) in [5, 5.41) is 7.72. The van der Waals surface area contributed by atoms with Crippen molar-refractivity contribution in [3.8, 4) is 11.5 Å². The van der Waals surface area contributed by atoms with Crippen LogP contribution in [0.5, 0.6) is 11.5 Å². The van der Waals surface area contributed by atoms with E-state index in [1.54, 1.807) is 6.92 Å². The second-order valence-electron chi connectivity index (χ2n) is 10.1. The van der Waals surface area contributed by atoms with E-state index in [-0.39, 0.29) is 5.41 Å². The van der Waals surface area contributed by atoms with Gasteiger partial charge in [-0.2, -0.15) is 0 Å². The van der Waals surface area contributed by atoms with Crippen molar-refractivity contribution in [1.29, 1.82) is 5.41 Å². The Bertz CT molecular complexity index is 1300. The fourth-order valence-corrected chi connectivity index (χ4v) is 5.47. The van der Waals surface area contributed by atoms with Crippen molar-refractivity contribution in [2.75, 3.05) is 0 Å². The lowest BCUT2D eigenvalue weighted by Gasteiger charge is -2.38. The summed E-state index contributed by atoms with van der Waals surface area (Å²) in [6.07, 6.45) is 6.30. The van der Waals surface area contributed by atoms with Crippen LogP contribution in [-0.4, -0.2) is 5.71 Å². The lowest BCUT2D eigenvalue weighted by atomic mass is 9.65. The Balaban J connectivity index is 1.21.